The van der Waals surface area contributed by atoms with Crippen molar-refractivity contribution in [2.75, 3.05) is 6.61 Å². The average Bonchev–Trinajstić information content (AvgIpc) is 2.69. The summed E-state index contributed by atoms with van der Waals surface area (Å²) >= 11 is 0. The Morgan fingerprint density at radius 2 is 2.19 bits per heavy atom. The van der Waals surface area contributed by atoms with Crippen molar-refractivity contribution in [3.8, 4) is 0 Å². The molecule has 1 unspecified atom stereocenters. The second-order valence-corrected chi connectivity index (χ2v) is 3.95. The fourth-order valence-electron chi connectivity index (χ4n) is 1.32. The molecule has 0 saturated carbocycles. The summed E-state index contributed by atoms with van der Waals surface area (Å²) in [4.78, 5) is 19.9. The molecule has 5 nitrogen and oxygen atoms in total. The number of ketones is 1. The maximum absolute atomic E-state index is 11.5. The van der Waals surface area contributed by atoms with Crippen LogP contribution in [0.5, 0.6) is 0 Å². The third kappa shape index (κ3) is 2.39. The molecule has 1 heterocycles. The van der Waals surface area contributed by atoms with Crippen molar-refractivity contribution in [2.24, 2.45) is 0 Å². The molecule has 0 aliphatic carbocycles. The summed E-state index contributed by atoms with van der Waals surface area (Å²) in [6.45, 7) is -0.450. The average molecular weight is 240 g/mol. The number of carbonyl (C=O) groups is 1. The highest BCUT2D eigenvalue weighted by atomic mass is 31.1. The molecule has 0 saturated heterocycles. The maximum Gasteiger partial charge on any atom is 0.317 e. The van der Waals surface area contributed by atoms with E-state index in [0.29, 0.717) is 5.58 Å². The van der Waals surface area contributed by atoms with E-state index in [1.165, 1.54) is 0 Å². The highest BCUT2D eigenvalue weighted by Crippen LogP contribution is 2.20. The molecule has 1 aromatic carbocycles. The Kier molecular flexibility index (Phi) is 3.19. The fourth-order valence-corrected chi connectivity index (χ4v) is 1.57. The minimum absolute atomic E-state index is 0.129. The van der Waals surface area contributed by atoms with Crippen molar-refractivity contribution >= 4 is 25.0 Å². The molecule has 6 heteroatoms. The number of carbonyl (C=O) groups excluding carboxylic acids is 1. The van der Waals surface area contributed by atoms with Crippen LogP contribution >= 0.6 is 8.25 Å². The van der Waals surface area contributed by atoms with E-state index >= 15 is 0 Å². The second kappa shape index (κ2) is 4.61. The van der Waals surface area contributed by atoms with Crippen molar-refractivity contribution in [1.29, 1.82) is 0 Å². The Bertz CT molecular complexity index is 512. The number of hydrogen-bond acceptors (Lipinski definition) is 4. The van der Waals surface area contributed by atoms with Gasteiger partial charge in [0, 0.05) is 5.39 Å². The SMILES string of the molecule is O=C(CO[PH](=O)O)c1cc2ccccc2o1. The summed E-state index contributed by atoms with van der Waals surface area (Å²) in [6.07, 6.45) is 0. The lowest BCUT2D eigenvalue weighted by atomic mass is 10.2. The van der Waals surface area contributed by atoms with Gasteiger partial charge in [-0.05, 0) is 12.1 Å². The van der Waals surface area contributed by atoms with Gasteiger partial charge in [0.05, 0.1) is 0 Å². The van der Waals surface area contributed by atoms with Gasteiger partial charge in [-0.25, -0.2) is 0 Å². The fraction of sp³-hybridized carbons (Fsp3) is 0.100. The molecule has 0 spiro atoms. The lowest BCUT2D eigenvalue weighted by Gasteiger charge is -1.95. The highest BCUT2D eigenvalue weighted by Gasteiger charge is 2.12. The standard InChI is InChI=1S/C10H9O5P/c11-8(6-14-16(12)13)10-5-7-3-1-2-4-9(7)15-10/h1-5,16H,6H2,(H,12,13). The van der Waals surface area contributed by atoms with Gasteiger partial charge in [0.1, 0.15) is 12.2 Å². The first-order valence-electron chi connectivity index (χ1n) is 4.54. The normalized spacial score (nSPS) is 12.8. The topological polar surface area (TPSA) is 76.7 Å². The van der Waals surface area contributed by atoms with Gasteiger partial charge in [0.2, 0.25) is 5.78 Å². The van der Waals surface area contributed by atoms with E-state index < -0.39 is 20.6 Å². The van der Waals surface area contributed by atoms with E-state index in [9.17, 15) is 9.36 Å². The van der Waals surface area contributed by atoms with Crippen molar-refractivity contribution in [3.05, 3.63) is 36.1 Å². The van der Waals surface area contributed by atoms with Crippen LogP contribution in [-0.2, 0) is 9.09 Å². The zero-order chi connectivity index (χ0) is 11.5. The lowest BCUT2D eigenvalue weighted by molar-refractivity contribution is 0.0891. The number of benzene rings is 1. The van der Waals surface area contributed by atoms with Crippen LogP contribution in [0.25, 0.3) is 11.0 Å². The minimum Gasteiger partial charge on any atom is -0.453 e. The van der Waals surface area contributed by atoms with E-state index in [0.717, 1.165) is 5.39 Å². The molecule has 16 heavy (non-hydrogen) atoms. The van der Waals surface area contributed by atoms with Crippen LogP contribution in [-0.4, -0.2) is 17.3 Å². The zero-order valence-corrected chi connectivity index (χ0v) is 9.17. The Labute approximate surface area is 91.6 Å². The maximum atomic E-state index is 11.5. The summed E-state index contributed by atoms with van der Waals surface area (Å²) in [5, 5.41) is 0.808. The molecular formula is C10H9O5P. The van der Waals surface area contributed by atoms with Gasteiger partial charge in [-0.1, -0.05) is 18.2 Å². The van der Waals surface area contributed by atoms with Crippen molar-refractivity contribution in [2.45, 2.75) is 0 Å². The first-order valence-corrected chi connectivity index (χ1v) is 5.80. The molecule has 1 N–H and O–H groups in total. The summed E-state index contributed by atoms with van der Waals surface area (Å²) in [6, 6.07) is 8.75. The molecule has 0 aliphatic rings. The third-order valence-corrected chi connectivity index (χ3v) is 2.42. The molecular weight excluding hydrogens is 231 g/mol. The number of Topliss-reactive ketones (excluding diaryl/α,β-unsaturated/α-hetero) is 1. The number of rotatable bonds is 4. The van der Waals surface area contributed by atoms with E-state index in [1.807, 2.05) is 12.1 Å². The monoisotopic (exact) mass is 240 g/mol. The first kappa shape index (κ1) is 11.1. The number of hydrogen-bond donors (Lipinski definition) is 1. The molecule has 0 bridgehead atoms. The van der Waals surface area contributed by atoms with Crippen LogP contribution in [0.15, 0.2) is 34.7 Å². The number of fused-ring (bicyclic) bond motifs is 1. The molecule has 2 rings (SSSR count). The zero-order valence-electron chi connectivity index (χ0n) is 8.17. The molecule has 84 valence electrons. The molecule has 1 aromatic heterocycles. The highest BCUT2D eigenvalue weighted by molar-refractivity contribution is 7.32. The Morgan fingerprint density at radius 3 is 2.88 bits per heavy atom. The van der Waals surface area contributed by atoms with E-state index in [-0.39, 0.29) is 5.76 Å². The molecule has 2 aromatic rings. The predicted octanol–water partition coefficient (Wildman–Crippen LogP) is 2.01. The smallest absolute Gasteiger partial charge is 0.317 e. The summed E-state index contributed by atoms with van der Waals surface area (Å²) in [7, 11) is -3.08. The van der Waals surface area contributed by atoms with Crippen LogP contribution in [0, 0.1) is 0 Å². The number of furan rings is 1. The molecule has 0 fully saturated rings. The first-order chi connectivity index (χ1) is 7.66. The molecule has 1 atom stereocenters. The van der Waals surface area contributed by atoms with Gasteiger partial charge in [0.15, 0.2) is 5.76 Å². The molecule has 0 radical (unpaired) electrons. The van der Waals surface area contributed by atoms with E-state index in [4.69, 9.17) is 9.31 Å². The second-order valence-electron chi connectivity index (χ2n) is 3.13. The van der Waals surface area contributed by atoms with E-state index in [1.54, 1.807) is 18.2 Å². The van der Waals surface area contributed by atoms with Gasteiger partial charge in [-0.3, -0.25) is 9.36 Å². The van der Waals surface area contributed by atoms with Gasteiger partial charge >= 0.3 is 8.25 Å². The van der Waals surface area contributed by atoms with Crippen molar-refractivity contribution in [3.63, 3.8) is 0 Å². The largest absolute Gasteiger partial charge is 0.453 e. The van der Waals surface area contributed by atoms with Crippen LogP contribution in [0.3, 0.4) is 0 Å². The van der Waals surface area contributed by atoms with Gasteiger partial charge < -0.3 is 13.8 Å². The number of para-hydroxylation sites is 1. The Balaban J connectivity index is 2.20. The van der Waals surface area contributed by atoms with Crippen LogP contribution in [0.2, 0.25) is 0 Å². The van der Waals surface area contributed by atoms with Gasteiger partial charge in [-0.2, -0.15) is 0 Å². The summed E-state index contributed by atoms with van der Waals surface area (Å²) in [5.41, 5.74) is 0.600. The molecule has 0 aliphatic heterocycles. The van der Waals surface area contributed by atoms with E-state index in [2.05, 4.69) is 4.52 Å². The van der Waals surface area contributed by atoms with Crippen molar-refractivity contribution < 1.29 is 23.2 Å². The summed E-state index contributed by atoms with van der Waals surface area (Å²) in [5.74, 6) is -0.326. The van der Waals surface area contributed by atoms with Gasteiger partial charge in [0.25, 0.3) is 0 Å². The molecule has 0 amide bonds. The van der Waals surface area contributed by atoms with Gasteiger partial charge in [-0.15, -0.1) is 0 Å². The predicted molar refractivity (Wildman–Crippen MR) is 57.7 cm³/mol. The minimum atomic E-state index is -3.08. The van der Waals surface area contributed by atoms with Crippen LogP contribution in [0.1, 0.15) is 10.6 Å². The van der Waals surface area contributed by atoms with Crippen molar-refractivity contribution in [1.82, 2.24) is 0 Å². The Morgan fingerprint density at radius 1 is 1.44 bits per heavy atom. The van der Waals surface area contributed by atoms with Crippen LogP contribution < -0.4 is 0 Å². The van der Waals surface area contributed by atoms with Crippen LogP contribution in [0.4, 0.5) is 0 Å². The quantitative estimate of drug-likeness (QED) is 0.653. The summed E-state index contributed by atoms with van der Waals surface area (Å²) < 4.78 is 19.9. The Hall–Kier alpha value is -1.42. The lowest BCUT2D eigenvalue weighted by Crippen LogP contribution is -2.04. The third-order valence-electron chi connectivity index (χ3n) is 2.03.